The van der Waals surface area contributed by atoms with Crippen molar-refractivity contribution in [2.75, 3.05) is 17.2 Å². The van der Waals surface area contributed by atoms with E-state index in [-0.39, 0.29) is 35.6 Å². The van der Waals surface area contributed by atoms with Gasteiger partial charge < -0.3 is 26.0 Å². The number of aliphatic carboxylic acids is 1. The average Bonchev–Trinajstić information content (AvgIpc) is 3.24. The molecule has 0 fully saturated rings. The molecule has 0 radical (unpaired) electrons. The highest BCUT2D eigenvalue weighted by Gasteiger charge is 2.27. The van der Waals surface area contributed by atoms with E-state index in [2.05, 4.69) is 15.3 Å². The molecule has 35 heavy (non-hydrogen) atoms. The first-order chi connectivity index (χ1) is 16.7. The van der Waals surface area contributed by atoms with Crippen molar-refractivity contribution < 1.29 is 14.7 Å². The van der Waals surface area contributed by atoms with Gasteiger partial charge in [0.1, 0.15) is 16.2 Å². The highest BCUT2D eigenvalue weighted by molar-refractivity contribution is 7.16. The Hall–Kier alpha value is -4.32. The maximum absolute atomic E-state index is 12.6. The van der Waals surface area contributed by atoms with Gasteiger partial charge in [0.15, 0.2) is 0 Å². The molecule has 4 aromatic rings. The van der Waals surface area contributed by atoms with Gasteiger partial charge in [0.2, 0.25) is 5.82 Å². The molecule has 0 atom stereocenters. The van der Waals surface area contributed by atoms with E-state index < -0.39 is 28.3 Å². The summed E-state index contributed by atoms with van der Waals surface area (Å²) in [6.07, 6.45) is 0.385. The van der Waals surface area contributed by atoms with Crippen molar-refractivity contribution in [1.82, 2.24) is 15.3 Å². The number of thiophene rings is 1. The zero-order valence-corrected chi connectivity index (χ0v) is 19.0. The summed E-state index contributed by atoms with van der Waals surface area (Å²) in [7, 11) is 0. The summed E-state index contributed by atoms with van der Waals surface area (Å²) in [6, 6.07) is 5.76. The third-order valence-electron chi connectivity index (χ3n) is 6.05. The second-order valence-corrected chi connectivity index (χ2v) is 9.16. The maximum atomic E-state index is 12.6. The fraction of sp³-hybridized carbons (Fsp3) is 0.217. The molecular weight excluding hydrogens is 474 g/mol. The number of carboxylic acids is 1. The van der Waals surface area contributed by atoms with Crippen LogP contribution in [0.15, 0.2) is 38.0 Å². The molecule has 0 aliphatic carbocycles. The molecule has 2 aromatic carbocycles. The minimum absolute atomic E-state index is 0.00107. The smallest absolute Gasteiger partial charge is 0.307 e. The van der Waals surface area contributed by atoms with Crippen molar-refractivity contribution >= 4 is 44.8 Å². The summed E-state index contributed by atoms with van der Waals surface area (Å²) in [5.41, 5.74) is 7.44. The van der Waals surface area contributed by atoms with Crippen LogP contribution in [0.5, 0.6) is 0 Å². The van der Waals surface area contributed by atoms with E-state index in [9.17, 15) is 24.0 Å². The fourth-order valence-electron chi connectivity index (χ4n) is 4.30. The molecule has 0 bridgehead atoms. The molecule has 3 heterocycles. The first-order valence-corrected chi connectivity index (χ1v) is 11.6. The lowest BCUT2D eigenvalue weighted by Crippen LogP contribution is -2.44. The monoisotopic (exact) mass is 493 g/mol. The molecule has 5 N–H and O–H groups in total. The number of carbonyl (C=O) groups excluding carboxylic acids is 1. The van der Waals surface area contributed by atoms with Crippen molar-refractivity contribution in [3.05, 3.63) is 82.5 Å². The van der Waals surface area contributed by atoms with Gasteiger partial charge in [-0.2, -0.15) is 0 Å². The number of anilines is 2. The zero-order chi connectivity index (χ0) is 24.9. The summed E-state index contributed by atoms with van der Waals surface area (Å²) in [5.74, 6) is -1.80. The summed E-state index contributed by atoms with van der Waals surface area (Å²) in [6.45, 7) is 1.18. The van der Waals surface area contributed by atoms with Gasteiger partial charge in [-0.05, 0) is 34.1 Å². The number of nitrogens with two attached hydrogens (primary N) is 1. The number of fused-ring (bicyclic) bond motifs is 2. The van der Waals surface area contributed by atoms with Crippen LogP contribution in [0.3, 0.4) is 0 Å². The Labute approximate surface area is 200 Å². The number of nitrogens with one attached hydrogen (secondary N) is 2. The van der Waals surface area contributed by atoms with E-state index in [1.54, 1.807) is 10.3 Å². The highest BCUT2D eigenvalue weighted by Crippen LogP contribution is 2.26. The standard InChI is InChI=1S/C23H19N5O6S/c24-16-17(19(32)18(16)31)28-4-3-11-2-1-10(5-12(11)8-28)7-25-22(34)20-26-21(33)15-13(6-14(29)30)9-35-23(15)27-20/h1-2,5,9H,3-4,6-8,24H2,(H,25,34)(H,29,30)(H,26,27,33). The van der Waals surface area contributed by atoms with Crippen LogP contribution < -0.4 is 32.4 Å². The topological polar surface area (TPSA) is 176 Å². The second kappa shape index (κ2) is 8.47. The van der Waals surface area contributed by atoms with Crippen molar-refractivity contribution in [3.63, 3.8) is 0 Å². The third-order valence-corrected chi connectivity index (χ3v) is 6.97. The number of hydrogen-bond donors (Lipinski definition) is 4. The Balaban J connectivity index is 1.30. The van der Waals surface area contributed by atoms with E-state index in [0.29, 0.717) is 29.9 Å². The summed E-state index contributed by atoms with van der Waals surface area (Å²) in [5, 5.41) is 13.4. The average molecular weight is 494 g/mol. The lowest BCUT2D eigenvalue weighted by atomic mass is 9.96. The Morgan fingerprint density at radius 2 is 2.00 bits per heavy atom. The third kappa shape index (κ3) is 3.97. The van der Waals surface area contributed by atoms with Crippen LogP contribution in [0.25, 0.3) is 10.2 Å². The largest absolute Gasteiger partial charge is 0.481 e. The molecule has 0 saturated carbocycles. The Morgan fingerprint density at radius 1 is 1.20 bits per heavy atom. The molecule has 178 valence electrons. The minimum Gasteiger partial charge on any atom is -0.481 e. The van der Waals surface area contributed by atoms with Crippen LogP contribution in [0.4, 0.5) is 11.4 Å². The van der Waals surface area contributed by atoms with Gasteiger partial charge in [0, 0.05) is 19.6 Å². The number of rotatable bonds is 6. The molecule has 5 rings (SSSR count). The van der Waals surface area contributed by atoms with E-state index in [1.165, 1.54) is 0 Å². The number of nitrogens with zero attached hydrogens (tertiary/aromatic N) is 2. The fourth-order valence-corrected chi connectivity index (χ4v) is 5.24. The molecule has 1 aliphatic rings. The predicted molar refractivity (Wildman–Crippen MR) is 130 cm³/mol. The van der Waals surface area contributed by atoms with Gasteiger partial charge in [0.25, 0.3) is 22.3 Å². The molecule has 0 saturated heterocycles. The second-order valence-electron chi connectivity index (χ2n) is 8.30. The van der Waals surface area contributed by atoms with Gasteiger partial charge >= 0.3 is 5.97 Å². The van der Waals surface area contributed by atoms with E-state index in [1.807, 2.05) is 18.2 Å². The first-order valence-electron chi connectivity index (χ1n) is 10.7. The molecular formula is C23H19N5O6S. The summed E-state index contributed by atoms with van der Waals surface area (Å²) < 4.78 is 0. The molecule has 1 aliphatic heterocycles. The highest BCUT2D eigenvalue weighted by atomic mass is 32.1. The van der Waals surface area contributed by atoms with E-state index in [0.717, 1.165) is 28.0 Å². The molecule has 11 nitrogen and oxygen atoms in total. The number of benzene rings is 1. The van der Waals surface area contributed by atoms with Crippen molar-refractivity contribution in [3.8, 4) is 0 Å². The predicted octanol–water partition coefficient (Wildman–Crippen LogP) is 0.283. The molecule has 0 spiro atoms. The Bertz CT molecular complexity index is 1640. The maximum Gasteiger partial charge on any atom is 0.307 e. The van der Waals surface area contributed by atoms with Gasteiger partial charge in [-0.15, -0.1) is 11.3 Å². The lowest BCUT2D eigenvalue weighted by molar-refractivity contribution is -0.136. The zero-order valence-electron chi connectivity index (χ0n) is 18.2. The lowest BCUT2D eigenvalue weighted by Gasteiger charge is -2.32. The quantitative estimate of drug-likeness (QED) is 0.275. The van der Waals surface area contributed by atoms with Crippen LogP contribution in [-0.2, 0) is 30.7 Å². The van der Waals surface area contributed by atoms with Crippen molar-refractivity contribution in [2.45, 2.75) is 25.9 Å². The van der Waals surface area contributed by atoms with Crippen molar-refractivity contribution in [1.29, 1.82) is 0 Å². The molecule has 2 aromatic heterocycles. The van der Waals surface area contributed by atoms with Crippen LogP contribution in [0.2, 0.25) is 0 Å². The molecule has 0 unspecified atom stereocenters. The van der Waals surface area contributed by atoms with E-state index in [4.69, 9.17) is 10.8 Å². The minimum atomic E-state index is -1.06. The van der Waals surface area contributed by atoms with Gasteiger partial charge in [-0.25, -0.2) is 4.98 Å². The summed E-state index contributed by atoms with van der Waals surface area (Å²) in [4.78, 5) is 68.2. The number of hydrogen-bond acceptors (Lipinski definition) is 9. The van der Waals surface area contributed by atoms with Gasteiger partial charge in [-0.1, -0.05) is 18.2 Å². The van der Waals surface area contributed by atoms with Crippen LogP contribution in [0.1, 0.15) is 32.9 Å². The van der Waals surface area contributed by atoms with Crippen LogP contribution >= 0.6 is 11.3 Å². The molecule has 12 heteroatoms. The van der Waals surface area contributed by atoms with Gasteiger partial charge in [-0.3, -0.25) is 24.0 Å². The van der Waals surface area contributed by atoms with Crippen LogP contribution in [-0.4, -0.2) is 33.5 Å². The summed E-state index contributed by atoms with van der Waals surface area (Å²) >= 11 is 1.10. The Kier molecular flexibility index (Phi) is 5.44. The normalized spacial score (nSPS) is 13.2. The number of carbonyl (C=O) groups is 2. The van der Waals surface area contributed by atoms with Crippen molar-refractivity contribution in [2.24, 2.45) is 0 Å². The van der Waals surface area contributed by atoms with Gasteiger partial charge in [0.05, 0.1) is 11.8 Å². The SMILES string of the molecule is Nc1c(N2CCc3ccc(CNC(=O)c4nc5scc(CC(=O)O)c5c(=O)[nH]4)cc3C2)c(=O)c1=O. The number of carboxylic acid groups (broad SMARTS) is 1. The number of aromatic nitrogens is 2. The number of nitrogen functional groups attached to an aromatic ring is 1. The number of amides is 1. The van der Waals surface area contributed by atoms with E-state index >= 15 is 0 Å². The van der Waals surface area contributed by atoms with Crippen LogP contribution in [0, 0.1) is 0 Å². The molecule has 1 amide bonds. The number of H-pyrrole nitrogens is 1. The number of aromatic amines is 1. The first kappa shape index (κ1) is 22.5. The Morgan fingerprint density at radius 3 is 2.74 bits per heavy atom.